The Hall–Kier alpha value is -2.74. The standard InChI is InChI=1S/C24H25ClF4N4O4S/c25-20-7-6-19(38-20)23(36)30-11-18(33(13-24(27,28)29)14-2-1-3-14)22(35)31-17-5-4-15(10-16(17)26)32-8-9-37-12-21(32)34/h4-7,10,14,18H,1-3,8-9,11-13H2,(H,30,36)(H,31,35)/t18-/m1/s1. The first-order chi connectivity index (χ1) is 18.0. The number of nitrogens with zero attached hydrogens (tertiary/aromatic N) is 2. The summed E-state index contributed by atoms with van der Waals surface area (Å²) in [6.07, 6.45) is -2.96. The molecule has 1 saturated heterocycles. The third-order valence-corrected chi connectivity index (χ3v) is 7.60. The number of alkyl halides is 3. The van der Waals surface area contributed by atoms with Crippen molar-refractivity contribution in [1.29, 1.82) is 0 Å². The lowest BCUT2D eigenvalue weighted by Crippen LogP contribution is -2.58. The second kappa shape index (κ2) is 12.0. The molecule has 2 aromatic rings. The molecule has 1 atom stereocenters. The summed E-state index contributed by atoms with van der Waals surface area (Å²) < 4.78 is 60.8. The third kappa shape index (κ3) is 7.01. The molecule has 2 aliphatic rings. The molecule has 2 N–H and O–H groups in total. The van der Waals surface area contributed by atoms with Crippen molar-refractivity contribution < 1.29 is 36.7 Å². The first-order valence-electron chi connectivity index (χ1n) is 11.9. The normalized spacial score (nSPS) is 17.3. The smallest absolute Gasteiger partial charge is 0.370 e. The molecule has 4 rings (SSSR count). The molecule has 1 aliphatic carbocycles. The Bertz CT molecular complexity index is 1190. The molecule has 2 heterocycles. The number of hydrogen-bond donors (Lipinski definition) is 2. The third-order valence-electron chi connectivity index (χ3n) is 6.37. The number of rotatable bonds is 9. The summed E-state index contributed by atoms with van der Waals surface area (Å²) in [5.41, 5.74) is 0.00165. The van der Waals surface area contributed by atoms with Crippen molar-refractivity contribution in [2.75, 3.05) is 43.1 Å². The van der Waals surface area contributed by atoms with E-state index in [-0.39, 0.29) is 41.9 Å². The lowest BCUT2D eigenvalue weighted by atomic mass is 9.90. The van der Waals surface area contributed by atoms with Crippen molar-refractivity contribution in [3.05, 3.63) is 45.4 Å². The molecule has 38 heavy (non-hydrogen) atoms. The summed E-state index contributed by atoms with van der Waals surface area (Å²) in [5, 5.41) is 4.88. The quantitative estimate of drug-likeness (QED) is 0.440. The molecule has 0 unspecified atom stereocenters. The number of morpholine rings is 1. The van der Waals surface area contributed by atoms with E-state index >= 15 is 0 Å². The average molecular weight is 577 g/mol. The van der Waals surface area contributed by atoms with Crippen molar-refractivity contribution in [2.45, 2.75) is 37.5 Å². The van der Waals surface area contributed by atoms with E-state index in [0.29, 0.717) is 23.6 Å². The molecule has 1 saturated carbocycles. The van der Waals surface area contributed by atoms with Crippen LogP contribution in [-0.4, -0.2) is 73.7 Å². The topological polar surface area (TPSA) is 91.0 Å². The highest BCUT2D eigenvalue weighted by molar-refractivity contribution is 7.18. The van der Waals surface area contributed by atoms with Gasteiger partial charge in [-0.15, -0.1) is 11.3 Å². The zero-order valence-electron chi connectivity index (χ0n) is 20.0. The Morgan fingerprint density at radius 2 is 2.00 bits per heavy atom. The van der Waals surface area contributed by atoms with Crippen LogP contribution < -0.4 is 15.5 Å². The van der Waals surface area contributed by atoms with Gasteiger partial charge in [-0.3, -0.25) is 19.3 Å². The van der Waals surface area contributed by atoms with Gasteiger partial charge in [0, 0.05) is 24.8 Å². The Morgan fingerprint density at radius 1 is 1.24 bits per heavy atom. The fourth-order valence-corrected chi connectivity index (χ4v) is 5.23. The summed E-state index contributed by atoms with van der Waals surface area (Å²) in [4.78, 5) is 40.5. The Morgan fingerprint density at radius 3 is 2.58 bits per heavy atom. The highest BCUT2D eigenvalue weighted by Crippen LogP contribution is 2.31. The monoisotopic (exact) mass is 576 g/mol. The zero-order chi connectivity index (χ0) is 27.4. The Balaban J connectivity index is 1.54. The number of ether oxygens (including phenoxy) is 1. The summed E-state index contributed by atoms with van der Waals surface area (Å²) >= 11 is 6.85. The minimum absolute atomic E-state index is 0.138. The fraction of sp³-hybridized carbons (Fsp3) is 0.458. The largest absolute Gasteiger partial charge is 0.401 e. The van der Waals surface area contributed by atoms with Gasteiger partial charge in [0.25, 0.3) is 11.8 Å². The number of carbonyl (C=O) groups excluding carboxylic acids is 3. The van der Waals surface area contributed by atoms with Crippen LogP contribution >= 0.6 is 22.9 Å². The van der Waals surface area contributed by atoms with Gasteiger partial charge in [-0.25, -0.2) is 4.39 Å². The Kier molecular flexibility index (Phi) is 8.91. The number of halogens is 5. The van der Waals surface area contributed by atoms with Crippen LogP contribution in [0.2, 0.25) is 4.34 Å². The van der Waals surface area contributed by atoms with Gasteiger partial charge < -0.3 is 20.3 Å². The predicted molar refractivity (Wildman–Crippen MR) is 134 cm³/mol. The molecular formula is C24H25ClF4N4O4S. The number of carbonyl (C=O) groups is 3. The number of benzene rings is 1. The van der Waals surface area contributed by atoms with Gasteiger partial charge in [-0.05, 0) is 43.2 Å². The molecule has 1 aromatic carbocycles. The van der Waals surface area contributed by atoms with Crippen molar-refractivity contribution in [3.63, 3.8) is 0 Å². The summed E-state index contributed by atoms with van der Waals surface area (Å²) in [7, 11) is 0. The lowest BCUT2D eigenvalue weighted by molar-refractivity contribution is -0.163. The van der Waals surface area contributed by atoms with Crippen LogP contribution in [0.1, 0.15) is 28.9 Å². The van der Waals surface area contributed by atoms with E-state index < -0.39 is 49.0 Å². The molecule has 14 heteroatoms. The molecule has 206 valence electrons. The number of thiophene rings is 1. The maximum atomic E-state index is 14.9. The zero-order valence-corrected chi connectivity index (χ0v) is 21.6. The van der Waals surface area contributed by atoms with Crippen LogP contribution in [0, 0.1) is 5.82 Å². The van der Waals surface area contributed by atoms with Gasteiger partial charge in [-0.2, -0.15) is 13.2 Å². The van der Waals surface area contributed by atoms with Gasteiger partial charge in [0.05, 0.1) is 28.1 Å². The van der Waals surface area contributed by atoms with Crippen LogP contribution in [0.25, 0.3) is 0 Å². The van der Waals surface area contributed by atoms with Crippen LogP contribution in [0.5, 0.6) is 0 Å². The van der Waals surface area contributed by atoms with E-state index in [4.69, 9.17) is 16.3 Å². The van der Waals surface area contributed by atoms with Gasteiger partial charge in [0.2, 0.25) is 5.91 Å². The minimum Gasteiger partial charge on any atom is -0.370 e. The second-order valence-electron chi connectivity index (χ2n) is 8.95. The van der Waals surface area contributed by atoms with Crippen LogP contribution in [0.15, 0.2) is 30.3 Å². The van der Waals surface area contributed by atoms with Crippen molar-refractivity contribution in [2.24, 2.45) is 0 Å². The van der Waals surface area contributed by atoms with E-state index in [1.54, 1.807) is 0 Å². The molecule has 3 amide bonds. The van der Waals surface area contributed by atoms with Crippen molar-refractivity contribution in [1.82, 2.24) is 10.2 Å². The maximum Gasteiger partial charge on any atom is 0.401 e. The lowest BCUT2D eigenvalue weighted by Gasteiger charge is -2.42. The number of amides is 3. The molecular weight excluding hydrogens is 552 g/mol. The van der Waals surface area contributed by atoms with Crippen molar-refractivity contribution >= 4 is 52.0 Å². The molecule has 1 aliphatic heterocycles. The van der Waals surface area contributed by atoms with E-state index in [2.05, 4.69) is 10.6 Å². The van der Waals surface area contributed by atoms with Gasteiger partial charge in [0.15, 0.2) is 0 Å². The molecule has 1 aromatic heterocycles. The van der Waals surface area contributed by atoms with E-state index in [0.717, 1.165) is 22.3 Å². The minimum atomic E-state index is -4.60. The van der Waals surface area contributed by atoms with Crippen molar-refractivity contribution in [3.8, 4) is 0 Å². The van der Waals surface area contributed by atoms with Crippen LogP contribution in [0.4, 0.5) is 28.9 Å². The number of nitrogens with one attached hydrogen (secondary N) is 2. The average Bonchev–Trinajstić information content (AvgIpc) is 3.25. The van der Waals surface area contributed by atoms with E-state index in [1.807, 2.05) is 0 Å². The second-order valence-corrected chi connectivity index (χ2v) is 10.7. The van der Waals surface area contributed by atoms with E-state index in [1.165, 1.54) is 29.2 Å². The first kappa shape index (κ1) is 28.3. The fourth-order valence-electron chi connectivity index (χ4n) is 4.27. The van der Waals surface area contributed by atoms with Gasteiger partial charge in [-0.1, -0.05) is 18.0 Å². The van der Waals surface area contributed by atoms with E-state index in [9.17, 15) is 31.9 Å². The number of hydrogen-bond acceptors (Lipinski definition) is 6. The Labute approximate surface area is 224 Å². The van der Waals surface area contributed by atoms with Gasteiger partial charge >= 0.3 is 6.18 Å². The number of anilines is 2. The highest BCUT2D eigenvalue weighted by atomic mass is 35.5. The highest BCUT2D eigenvalue weighted by Gasteiger charge is 2.42. The molecule has 0 bridgehead atoms. The maximum absolute atomic E-state index is 14.9. The first-order valence-corrected chi connectivity index (χ1v) is 13.1. The van der Waals surface area contributed by atoms with Crippen LogP contribution in [0.3, 0.4) is 0 Å². The summed E-state index contributed by atoms with van der Waals surface area (Å²) in [6, 6.07) is 4.76. The molecule has 8 nitrogen and oxygen atoms in total. The summed E-state index contributed by atoms with van der Waals surface area (Å²) in [5.74, 6) is -2.71. The predicted octanol–water partition coefficient (Wildman–Crippen LogP) is 4.06. The summed E-state index contributed by atoms with van der Waals surface area (Å²) in [6.45, 7) is -1.42. The molecule has 0 spiro atoms. The van der Waals surface area contributed by atoms with Gasteiger partial charge in [0.1, 0.15) is 18.5 Å². The molecule has 2 fully saturated rings. The van der Waals surface area contributed by atoms with Crippen LogP contribution in [-0.2, 0) is 14.3 Å². The molecule has 0 radical (unpaired) electrons. The SMILES string of the molecule is O=C(NC[C@H](C(=O)Nc1ccc(N2CCOCC2=O)cc1F)N(CC(F)(F)F)C1CCC1)c1ccc(Cl)s1.